The number of fused-ring (bicyclic) bond motifs is 1. The number of carboxylic acid groups (broad SMARTS) is 1. The molecular weight excluding hydrogens is 485 g/mol. The number of rotatable bonds is 4. The highest BCUT2D eigenvalue weighted by Crippen LogP contribution is 2.35. The second-order valence-electron chi connectivity index (χ2n) is 6.71. The maximum absolute atomic E-state index is 13.3. The summed E-state index contributed by atoms with van der Waals surface area (Å²) in [6, 6.07) is 14.1. The van der Waals surface area contributed by atoms with E-state index in [0.717, 1.165) is 0 Å². The first-order chi connectivity index (χ1) is 15.8. The first kappa shape index (κ1) is 22.6. The Labute approximate surface area is 199 Å². The zero-order valence-electron chi connectivity index (χ0n) is 16.6. The molecule has 2 N–H and O–H groups in total. The molecule has 164 valence electrons. The molecule has 33 heavy (non-hydrogen) atoms. The van der Waals surface area contributed by atoms with E-state index in [9.17, 15) is 13.2 Å². The topological polar surface area (TPSA) is 109 Å². The van der Waals surface area contributed by atoms with Crippen LogP contribution in [-0.2, 0) is 10.0 Å². The highest BCUT2D eigenvalue weighted by Gasteiger charge is 2.24. The van der Waals surface area contributed by atoms with E-state index >= 15 is 0 Å². The van der Waals surface area contributed by atoms with Crippen molar-refractivity contribution in [3.63, 3.8) is 0 Å². The van der Waals surface area contributed by atoms with Crippen LogP contribution in [-0.4, -0.2) is 29.5 Å². The van der Waals surface area contributed by atoms with Crippen molar-refractivity contribution in [2.45, 2.75) is 4.90 Å². The number of halogens is 2. The van der Waals surface area contributed by atoms with Crippen molar-refractivity contribution in [3.05, 3.63) is 93.9 Å². The average molecular weight is 498 g/mol. The van der Waals surface area contributed by atoms with Gasteiger partial charge in [0.2, 0.25) is 0 Å². The Morgan fingerprint density at radius 1 is 0.970 bits per heavy atom. The summed E-state index contributed by atoms with van der Waals surface area (Å²) in [5.41, 5.74) is 1.14. The Balaban J connectivity index is 1.72. The molecule has 2 heterocycles. The molecule has 0 amide bonds. The maximum atomic E-state index is 13.3. The fourth-order valence-corrected chi connectivity index (χ4v) is 5.14. The number of para-hydroxylation sites is 1. The summed E-state index contributed by atoms with van der Waals surface area (Å²) < 4.78 is 29.1. The normalized spacial score (nSPS) is 11.0. The van der Waals surface area contributed by atoms with Crippen LogP contribution < -0.4 is 4.72 Å². The third kappa shape index (κ3) is 4.76. The lowest BCUT2D eigenvalue weighted by atomic mass is 10.1. The fraction of sp³-hybridized carbons (Fsp3) is 0. The Hall–Kier alpha value is -3.64. The van der Waals surface area contributed by atoms with Gasteiger partial charge in [0.25, 0.3) is 10.0 Å². The minimum absolute atomic E-state index is 0.0631. The van der Waals surface area contributed by atoms with E-state index in [1.54, 1.807) is 36.4 Å². The van der Waals surface area contributed by atoms with Crippen molar-refractivity contribution in [3.8, 4) is 11.8 Å². The SMILES string of the molecule is O=C(O)c1ccc(C#Cc2ccccc2NS(=O)(=O)c2c(Cl)cc(Cl)c3cccnc23)cn1. The number of pyridine rings is 2. The molecule has 0 saturated carbocycles. The van der Waals surface area contributed by atoms with Crippen LogP contribution in [0.2, 0.25) is 10.0 Å². The van der Waals surface area contributed by atoms with Crippen molar-refractivity contribution in [2.75, 3.05) is 4.72 Å². The Morgan fingerprint density at radius 2 is 1.76 bits per heavy atom. The standard InChI is InChI=1S/C23H13Cl2N3O4S/c24-17-12-18(25)22(21-16(17)5-3-11-26-21)33(31,32)28-19-6-2-1-4-15(19)9-7-14-8-10-20(23(29)30)27-13-14/h1-6,8,10-13,28H,(H,29,30). The molecule has 0 atom stereocenters. The van der Waals surface area contributed by atoms with Crippen LogP contribution in [0.1, 0.15) is 21.6 Å². The van der Waals surface area contributed by atoms with Gasteiger partial charge in [0.1, 0.15) is 10.6 Å². The number of aromatic carboxylic acids is 1. The van der Waals surface area contributed by atoms with Crippen molar-refractivity contribution in [2.24, 2.45) is 0 Å². The molecule has 0 aliphatic heterocycles. The number of sulfonamides is 1. The van der Waals surface area contributed by atoms with Gasteiger partial charge in [0.05, 0.1) is 21.2 Å². The Morgan fingerprint density at radius 3 is 2.48 bits per heavy atom. The predicted molar refractivity (Wildman–Crippen MR) is 126 cm³/mol. The van der Waals surface area contributed by atoms with Gasteiger partial charge in [-0.2, -0.15) is 0 Å². The minimum Gasteiger partial charge on any atom is -0.477 e. The third-order valence-electron chi connectivity index (χ3n) is 4.51. The number of carboxylic acids is 1. The highest BCUT2D eigenvalue weighted by molar-refractivity contribution is 7.93. The molecule has 10 heteroatoms. The number of nitrogens with zero attached hydrogens (tertiary/aromatic N) is 2. The lowest BCUT2D eigenvalue weighted by molar-refractivity contribution is 0.0690. The lowest BCUT2D eigenvalue weighted by Crippen LogP contribution is -2.15. The van der Waals surface area contributed by atoms with Crippen molar-refractivity contribution in [1.29, 1.82) is 0 Å². The zero-order valence-corrected chi connectivity index (χ0v) is 18.9. The molecule has 0 unspecified atom stereocenters. The average Bonchev–Trinajstić information content (AvgIpc) is 2.78. The van der Waals surface area contributed by atoms with E-state index in [2.05, 4.69) is 26.5 Å². The Kier molecular flexibility index (Phi) is 6.20. The summed E-state index contributed by atoms with van der Waals surface area (Å²) in [7, 11) is -4.16. The molecule has 2 aromatic carbocycles. The van der Waals surface area contributed by atoms with Gasteiger partial charge in [-0.1, -0.05) is 47.2 Å². The molecule has 0 radical (unpaired) electrons. The summed E-state index contributed by atoms with van der Waals surface area (Å²) in [5.74, 6) is 4.58. The van der Waals surface area contributed by atoms with Crippen molar-refractivity contribution < 1.29 is 18.3 Å². The summed E-state index contributed by atoms with van der Waals surface area (Å²) in [6.07, 6.45) is 2.78. The van der Waals surface area contributed by atoms with E-state index in [4.69, 9.17) is 28.3 Å². The third-order valence-corrected chi connectivity index (χ3v) is 6.68. The second kappa shape index (κ2) is 9.08. The maximum Gasteiger partial charge on any atom is 0.354 e. The van der Waals surface area contributed by atoms with E-state index in [0.29, 0.717) is 16.5 Å². The summed E-state index contributed by atoms with van der Waals surface area (Å²) >= 11 is 12.5. The number of benzene rings is 2. The quantitative estimate of drug-likeness (QED) is 0.390. The highest BCUT2D eigenvalue weighted by atomic mass is 35.5. The summed E-state index contributed by atoms with van der Waals surface area (Å²) in [4.78, 5) is 18.7. The smallest absolute Gasteiger partial charge is 0.354 e. The molecule has 4 rings (SSSR count). The van der Waals surface area contributed by atoms with Crippen LogP contribution in [0.25, 0.3) is 10.9 Å². The van der Waals surface area contributed by atoms with Crippen LogP contribution in [0.4, 0.5) is 5.69 Å². The number of anilines is 1. The van der Waals surface area contributed by atoms with Crippen LogP contribution >= 0.6 is 23.2 Å². The van der Waals surface area contributed by atoms with Crippen LogP contribution in [0.3, 0.4) is 0 Å². The summed E-state index contributed by atoms with van der Waals surface area (Å²) in [5, 5.41) is 9.62. The van der Waals surface area contributed by atoms with Crippen LogP contribution in [0.5, 0.6) is 0 Å². The van der Waals surface area contributed by atoms with Gasteiger partial charge >= 0.3 is 5.97 Å². The molecule has 0 saturated heterocycles. The molecule has 2 aromatic heterocycles. The number of nitrogens with one attached hydrogen (secondary N) is 1. The first-order valence-corrected chi connectivity index (χ1v) is 11.6. The fourth-order valence-electron chi connectivity index (χ4n) is 3.01. The zero-order chi connectivity index (χ0) is 23.6. The molecule has 0 bridgehead atoms. The van der Waals surface area contributed by atoms with Crippen LogP contribution in [0, 0.1) is 11.8 Å². The molecule has 0 aliphatic carbocycles. The number of hydrogen-bond acceptors (Lipinski definition) is 5. The number of aromatic nitrogens is 2. The monoisotopic (exact) mass is 497 g/mol. The van der Waals surface area contributed by atoms with Crippen molar-refractivity contribution in [1.82, 2.24) is 9.97 Å². The van der Waals surface area contributed by atoms with E-state index in [-0.39, 0.29) is 31.8 Å². The lowest BCUT2D eigenvalue weighted by Gasteiger charge is -2.13. The molecule has 4 aromatic rings. The molecule has 7 nitrogen and oxygen atoms in total. The van der Waals surface area contributed by atoms with Gasteiger partial charge in [0.15, 0.2) is 0 Å². The first-order valence-electron chi connectivity index (χ1n) is 9.32. The molecule has 0 aliphatic rings. The van der Waals surface area contributed by atoms with Crippen molar-refractivity contribution >= 4 is 55.8 Å². The van der Waals surface area contributed by atoms with Gasteiger partial charge in [-0.15, -0.1) is 0 Å². The van der Waals surface area contributed by atoms with E-state index in [1.807, 2.05) is 0 Å². The minimum atomic E-state index is -4.16. The van der Waals surface area contributed by atoms with Crippen LogP contribution in [0.15, 0.2) is 71.9 Å². The number of hydrogen-bond donors (Lipinski definition) is 2. The van der Waals surface area contributed by atoms with Gasteiger partial charge in [0, 0.05) is 28.9 Å². The van der Waals surface area contributed by atoms with Gasteiger partial charge in [-0.25, -0.2) is 18.2 Å². The van der Waals surface area contributed by atoms with Gasteiger partial charge in [-0.3, -0.25) is 9.71 Å². The molecule has 0 spiro atoms. The molecule has 0 fully saturated rings. The molecular formula is C23H13Cl2N3O4S. The van der Waals surface area contributed by atoms with E-state index in [1.165, 1.54) is 30.6 Å². The largest absolute Gasteiger partial charge is 0.477 e. The van der Waals surface area contributed by atoms with Gasteiger partial charge < -0.3 is 5.11 Å². The second-order valence-corrected chi connectivity index (χ2v) is 9.14. The predicted octanol–water partition coefficient (Wildman–Crippen LogP) is 4.84. The Bertz CT molecular complexity index is 1560. The van der Waals surface area contributed by atoms with E-state index < -0.39 is 16.0 Å². The number of carbonyl (C=O) groups is 1. The summed E-state index contributed by atoms with van der Waals surface area (Å²) in [6.45, 7) is 0. The van der Waals surface area contributed by atoms with Gasteiger partial charge in [-0.05, 0) is 42.5 Å².